The second-order valence-electron chi connectivity index (χ2n) is 9.92. The summed E-state index contributed by atoms with van der Waals surface area (Å²) in [5.74, 6) is -1.85. The number of carbonyl (C=O) groups is 2. The predicted molar refractivity (Wildman–Crippen MR) is 143 cm³/mol. The zero-order valence-corrected chi connectivity index (χ0v) is 22.3. The number of thiophene rings is 1. The molecule has 2 aromatic carbocycles. The Morgan fingerprint density at radius 1 is 1.05 bits per heavy atom. The third-order valence-electron chi connectivity index (χ3n) is 7.44. The van der Waals surface area contributed by atoms with Gasteiger partial charge < -0.3 is 9.64 Å². The standard InChI is InChI=1S/C28H29F4N3O3S/c1-38-27(37)24(17-28(30,31)32)35-22-14-18(2-3-19(22)4-5-26(35)36)6-8-33-9-11-34(12-10-33)23-15-20(29)16-25-21(23)7-13-39-25/h2-3,7,13-16,24H,4-6,8-12,17H2,1H3. The van der Waals surface area contributed by atoms with Gasteiger partial charge in [-0.25, -0.2) is 9.18 Å². The number of fused-ring (bicyclic) bond motifs is 2. The summed E-state index contributed by atoms with van der Waals surface area (Å²) in [6.45, 7) is 3.79. The van der Waals surface area contributed by atoms with Gasteiger partial charge in [0.25, 0.3) is 0 Å². The summed E-state index contributed by atoms with van der Waals surface area (Å²) in [5.41, 5.74) is 2.86. The Morgan fingerprint density at radius 3 is 2.54 bits per heavy atom. The van der Waals surface area contributed by atoms with E-state index in [1.54, 1.807) is 18.2 Å². The molecule has 1 fully saturated rings. The fourth-order valence-electron chi connectivity index (χ4n) is 5.45. The van der Waals surface area contributed by atoms with E-state index in [0.717, 1.165) is 71.6 Å². The van der Waals surface area contributed by atoms with E-state index in [4.69, 9.17) is 0 Å². The topological polar surface area (TPSA) is 53.1 Å². The monoisotopic (exact) mass is 563 g/mol. The molecule has 5 rings (SSSR count). The first-order valence-corrected chi connectivity index (χ1v) is 13.7. The number of benzene rings is 2. The number of carbonyl (C=O) groups excluding carboxylic acids is 2. The van der Waals surface area contributed by atoms with Gasteiger partial charge in [0, 0.05) is 60.6 Å². The lowest BCUT2D eigenvalue weighted by molar-refractivity contribution is -0.159. The minimum absolute atomic E-state index is 0.0327. The van der Waals surface area contributed by atoms with E-state index in [1.807, 2.05) is 23.6 Å². The van der Waals surface area contributed by atoms with Crippen molar-refractivity contribution in [2.24, 2.45) is 0 Å². The maximum Gasteiger partial charge on any atom is 0.391 e. The molecule has 0 N–H and O–H groups in total. The third-order valence-corrected chi connectivity index (χ3v) is 8.30. The Labute approximate surface area is 227 Å². The lowest BCUT2D eigenvalue weighted by atomic mass is 9.95. The number of hydrogen-bond acceptors (Lipinski definition) is 6. The first kappa shape index (κ1) is 27.4. The van der Waals surface area contributed by atoms with Gasteiger partial charge in [-0.2, -0.15) is 13.2 Å². The molecular weight excluding hydrogens is 534 g/mol. The smallest absolute Gasteiger partial charge is 0.391 e. The number of piperazine rings is 1. The van der Waals surface area contributed by atoms with Crippen LogP contribution in [0.25, 0.3) is 10.1 Å². The number of anilines is 2. The summed E-state index contributed by atoms with van der Waals surface area (Å²) in [7, 11) is 1.02. The Balaban J connectivity index is 1.27. The molecule has 3 heterocycles. The molecule has 1 atom stereocenters. The van der Waals surface area contributed by atoms with E-state index in [2.05, 4.69) is 14.5 Å². The van der Waals surface area contributed by atoms with Crippen LogP contribution in [-0.2, 0) is 27.2 Å². The molecule has 11 heteroatoms. The third kappa shape index (κ3) is 6.04. The number of aryl methyl sites for hydroxylation is 1. The van der Waals surface area contributed by atoms with E-state index in [-0.39, 0.29) is 12.2 Å². The summed E-state index contributed by atoms with van der Waals surface area (Å²) in [4.78, 5) is 30.6. The van der Waals surface area contributed by atoms with Crippen LogP contribution >= 0.6 is 11.3 Å². The molecule has 3 aromatic rings. The summed E-state index contributed by atoms with van der Waals surface area (Å²) >= 11 is 1.52. The predicted octanol–water partition coefficient (Wildman–Crippen LogP) is 5.18. The Bertz CT molecular complexity index is 1370. The molecule has 1 saturated heterocycles. The van der Waals surface area contributed by atoms with Crippen LogP contribution in [0.1, 0.15) is 24.0 Å². The molecule has 1 amide bonds. The Kier molecular flexibility index (Phi) is 7.82. The number of halogens is 4. The van der Waals surface area contributed by atoms with Crippen LogP contribution in [-0.4, -0.2) is 68.8 Å². The van der Waals surface area contributed by atoms with E-state index < -0.39 is 30.5 Å². The molecule has 2 aliphatic rings. The van der Waals surface area contributed by atoms with Gasteiger partial charge in [-0.1, -0.05) is 12.1 Å². The van der Waals surface area contributed by atoms with E-state index >= 15 is 0 Å². The van der Waals surface area contributed by atoms with Crippen LogP contribution in [0.15, 0.2) is 41.8 Å². The van der Waals surface area contributed by atoms with E-state index in [0.29, 0.717) is 18.5 Å². The van der Waals surface area contributed by atoms with Gasteiger partial charge in [-0.15, -0.1) is 11.3 Å². The maximum absolute atomic E-state index is 14.1. The average Bonchev–Trinajstić information content (AvgIpc) is 3.38. The van der Waals surface area contributed by atoms with Gasteiger partial charge in [0.1, 0.15) is 11.9 Å². The van der Waals surface area contributed by atoms with Gasteiger partial charge >= 0.3 is 12.1 Å². The van der Waals surface area contributed by atoms with Gasteiger partial charge in [-0.05, 0) is 53.6 Å². The highest BCUT2D eigenvalue weighted by molar-refractivity contribution is 7.17. The molecule has 0 saturated carbocycles. The number of methoxy groups -OCH3 is 1. The van der Waals surface area contributed by atoms with Crippen LogP contribution in [0.4, 0.5) is 28.9 Å². The van der Waals surface area contributed by atoms with E-state index in [9.17, 15) is 27.2 Å². The number of esters is 1. The molecule has 6 nitrogen and oxygen atoms in total. The van der Waals surface area contributed by atoms with Crippen LogP contribution in [0.3, 0.4) is 0 Å². The molecule has 0 spiro atoms. The van der Waals surface area contributed by atoms with Gasteiger partial charge in [0.05, 0.1) is 13.5 Å². The average molecular weight is 564 g/mol. The summed E-state index contributed by atoms with van der Waals surface area (Å²) in [6.07, 6.45) is -5.04. The fourth-order valence-corrected chi connectivity index (χ4v) is 6.29. The molecule has 1 unspecified atom stereocenters. The van der Waals surface area contributed by atoms with Crippen LogP contribution < -0.4 is 9.80 Å². The van der Waals surface area contributed by atoms with Crippen molar-refractivity contribution < 1.29 is 31.9 Å². The lowest BCUT2D eigenvalue weighted by Crippen LogP contribution is -2.50. The normalized spacial score (nSPS) is 17.4. The number of rotatable bonds is 7. The minimum atomic E-state index is -4.64. The molecule has 39 heavy (non-hydrogen) atoms. The van der Waals surface area contributed by atoms with Crippen molar-refractivity contribution in [3.8, 4) is 0 Å². The lowest BCUT2D eigenvalue weighted by Gasteiger charge is -2.37. The van der Waals surface area contributed by atoms with Crippen molar-refractivity contribution in [2.45, 2.75) is 37.9 Å². The van der Waals surface area contributed by atoms with Crippen LogP contribution in [0, 0.1) is 5.82 Å². The molecular formula is C28H29F4N3O3S. The van der Waals surface area contributed by atoms with E-state index in [1.165, 1.54) is 11.3 Å². The second kappa shape index (κ2) is 11.1. The van der Waals surface area contributed by atoms with Crippen molar-refractivity contribution in [2.75, 3.05) is 49.6 Å². The zero-order chi connectivity index (χ0) is 27.7. The minimum Gasteiger partial charge on any atom is -0.467 e. The largest absolute Gasteiger partial charge is 0.467 e. The summed E-state index contributed by atoms with van der Waals surface area (Å²) in [5, 5.41) is 3.02. The van der Waals surface area contributed by atoms with Gasteiger partial charge in [0.2, 0.25) is 5.91 Å². The van der Waals surface area contributed by atoms with Crippen molar-refractivity contribution in [3.05, 3.63) is 58.7 Å². The SMILES string of the molecule is COC(=O)C(CC(F)(F)F)N1C(=O)CCc2ccc(CCN3CCN(c4cc(F)cc5sccc45)CC3)cc21. The van der Waals surface area contributed by atoms with Crippen LogP contribution in [0.5, 0.6) is 0 Å². The van der Waals surface area contributed by atoms with Crippen LogP contribution in [0.2, 0.25) is 0 Å². The molecule has 1 aromatic heterocycles. The molecule has 208 valence electrons. The van der Waals surface area contributed by atoms with Crippen molar-refractivity contribution in [1.82, 2.24) is 4.90 Å². The van der Waals surface area contributed by atoms with Crippen molar-refractivity contribution in [3.63, 3.8) is 0 Å². The molecule has 0 bridgehead atoms. The van der Waals surface area contributed by atoms with Crippen molar-refractivity contribution in [1.29, 1.82) is 0 Å². The number of hydrogen-bond donors (Lipinski definition) is 0. The molecule has 0 aliphatic carbocycles. The van der Waals surface area contributed by atoms with Gasteiger partial charge in [0.15, 0.2) is 0 Å². The maximum atomic E-state index is 14.1. The highest BCUT2D eigenvalue weighted by Gasteiger charge is 2.43. The fraction of sp³-hybridized carbons (Fsp3) is 0.429. The quantitative estimate of drug-likeness (QED) is 0.293. The molecule has 2 aliphatic heterocycles. The highest BCUT2D eigenvalue weighted by Crippen LogP contribution is 2.35. The zero-order valence-electron chi connectivity index (χ0n) is 21.5. The van der Waals surface area contributed by atoms with Gasteiger partial charge in [-0.3, -0.25) is 14.6 Å². The molecule has 0 radical (unpaired) electrons. The number of nitrogens with zero attached hydrogens (tertiary/aromatic N) is 3. The Hall–Kier alpha value is -3.18. The Morgan fingerprint density at radius 2 is 1.82 bits per heavy atom. The number of ether oxygens (including phenoxy) is 1. The second-order valence-corrected chi connectivity index (χ2v) is 10.9. The highest BCUT2D eigenvalue weighted by atomic mass is 32.1. The summed E-state index contributed by atoms with van der Waals surface area (Å²) < 4.78 is 59.6. The first-order chi connectivity index (χ1) is 18.6. The first-order valence-electron chi connectivity index (χ1n) is 12.9. The summed E-state index contributed by atoms with van der Waals surface area (Å²) in [6, 6.07) is 8.90. The van der Waals surface area contributed by atoms with Crippen molar-refractivity contribution >= 4 is 44.7 Å². The number of alkyl halides is 3. The number of amides is 1.